The summed E-state index contributed by atoms with van der Waals surface area (Å²) in [7, 11) is 5.51. The van der Waals surface area contributed by atoms with Crippen molar-refractivity contribution in [3.05, 3.63) is 12.7 Å². The summed E-state index contributed by atoms with van der Waals surface area (Å²) in [5.41, 5.74) is 0. The largest absolute Gasteiger partial charge is 0.379 e. The Morgan fingerprint density at radius 2 is 2.00 bits per heavy atom. The van der Waals surface area contributed by atoms with Gasteiger partial charge in [-0.2, -0.15) is 0 Å². The van der Waals surface area contributed by atoms with E-state index < -0.39 is 0 Å². The number of hydrogen-bond donors (Lipinski definition) is 1. The molecule has 0 spiro atoms. The second-order valence-electron chi connectivity index (χ2n) is 6.51. The Hall–Kier alpha value is -1.60. The zero-order chi connectivity index (χ0) is 18.5. The summed E-state index contributed by atoms with van der Waals surface area (Å²) in [6.07, 6.45) is 4.97. The van der Waals surface area contributed by atoms with Crippen LogP contribution in [0.1, 0.15) is 19.3 Å². The van der Waals surface area contributed by atoms with Gasteiger partial charge in [-0.15, -0.1) is 6.58 Å². The molecule has 0 radical (unpaired) electrons. The zero-order valence-electron chi connectivity index (χ0n) is 16.2. The van der Waals surface area contributed by atoms with E-state index in [1.807, 2.05) is 13.1 Å². The Morgan fingerprint density at radius 3 is 2.64 bits per heavy atom. The van der Waals surface area contributed by atoms with E-state index in [0.717, 1.165) is 71.2 Å². The van der Waals surface area contributed by atoms with Gasteiger partial charge in [0, 0.05) is 47.3 Å². The highest BCUT2D eigenvalue weighted by atomic mass is 16.5. The Labute approximate surface area is 152 Å². The number of aliphatic imine (C=N–C) groups is 1. The third kappa shape index (κ3) is 9.45. The van der Waals surface area contributed by atoms with Gasteiger partial charge < -0.3 is 19.9 Å². The van der Waals surface area contributed by atoms with Gasteiger partial charge in [0.2, 0.25) is 5.91 Å². The molecule has 0 aromatic heterocycles. The van der Waals surface area contributed by atoms with E-state index in [2.05, 4.69) is 26.7 Å². The summed E-state index contributed by atoms with van der Waals surface area (Å²) in [6.45, 7) is 10.4. The van der Waals surface area contributed by atoms with E-state index in [1.165, 1.54) is 0 Å². The van der Waals surface area contributed by atoms with Crippen LogP contribution < -0.4 is 5.32 Å². The summed E-state index contributed by atoms with van der Waals surface area (Å²) in [4.78, 5) is 22.4. The molecule has 7 nitrogen and oxygen atoms in total. The van der Waals surface area contributed by atoms with Crippen LogP contribution in [0.25, 0.3) is 0 Å². The van der Waals surface area contributed by atoms with Crippen molar-refractivity contribution in [3.8, 4) is 0 Å². The van der Waals surface area contributed by atoms with Crippen molar-refractivity contribution in [2.75, 3.05) is 73.6 Å². The molecule has 1 fully saturated rings. The van der Waals surface area contributed by atoms with Crippen molar-refractivity contribution >= 4 is 11.9 Å². The highest BCUT2D eigenvalue weighted by Crippen LogP contribution is 1.98. The first-order chi connectivity index (χ1) is 12.0. The van der Waals surface area contributed by atoms with E-state index in [1.54, 1.807) is 19.0 Å². The summed E-state index contributed by atoms with van der Waals surface area (Å²) in [6, 6.07) is 0. The summed E-state index contributed by atoms with van der Waals surface area (Å²) in [5.74, 6) is 0.799. The molecule has 7 heteroatoms. The topological polar surface area (TPSA) is 60.4 Å². The fourth-order valence-electron chi connectivity index (χ4n) is 2.50. The fourth-order valence-corrected chi connectivity index (χ4v) is 2.50. The first-order valence-electron chi connectivity index (χ1n) is 9.15. The van der Waals surface area contributed by atoms with Crippen LogP contribution in [0.15, 0.2) is 17.6 Å². The molecule has 0 unspecified atom stereocenters. The average Bonchev–Trinajstić information content (AvgIpc) is 2.61. The minimum absolute atomic E-state index is 0.00658. The summed E-state index contributed by atoms with van der Waals surface area (Å²) < 4.78 is 5.37. The van der Waals surface area contributed by atoms with Crippen molar-refractivity contribution in [3.63, 3.8) is 0 Å². The smallest absolute Gasteiger partial charge is 0.243 e. The van der Waals surface area contributed by atoms with E-state index in [0.29, 0.717) is 0 Å². The van der Waals surface area contributed by atoms with Gasteiger partial charge in [-0.05, 0) is 25.8 Å². The lowest BCUT2D eigenvalue weighted by Crippen LogP contribution is -2.42. The first-order valence-corrected chi connectivity index (χ1v) is 9.15. The molecule has 144 valence electrons. The number of guanidine groups is 1. The maximum absolute atomic E-state index is 11.8. The number of allylic oxidation sites excluding steroid dienone is 1. The second kappa shape index (κ2) is 12.7. The predicted molar refractivity (Wildman–Crippen MR) is 103 cm³/mol. The van der Waals surface area contributed by atoms with Crippen molar-refractivity contribution in [1.82, 2.24) is 20.0 Å². The Kier molecular flexibility index (Phi) is 10.9. The van der Waals surface area contributed by atoms with Gasteiger partial charge in [0.25, 0.3) is 0 Å². The number of ether oxygens (including phenoxy) is 1. The predicted octanol–water partition coefficient (Wildman–Crippen LogP) is 0.641. The molecule has 1 saturated heterocycles. The normalized spacial score (nSPS) is 15.7. The molecule has 1 rings (SSSR count). The fraction of sp³-hybridized carbons (Fsp3) is 0.778. The molecule has 0 atom stereocenters. The van der Waals surface area contributed by atoms with Crippen LogP contribution in [0.2, 0.25) is 0 Å². The van der Waals surface area contributed by atoms with Crippen LogP contribution >= 0.6 is 0 Å². The van der Waals surface area contributed by atoms with Crippen LogP contribution in [0.3, 0.4) is 0 Å². The molecule has 0 aromatic carbocycles. The van der Waals surface area contributed by atoms with E-state index in [9.17, 15) is 4.79 Å². The van der Waals surface area contributed by atoms with Crippen molar-refractivity contribution < 1.29 is 9.53 Å². The Bertz CT molecular complexity index is 420. The van der Waals surface area contributed by atoms with Crippen LogP contribution in [0, 0.1) is 0 Å². The van der Waals surface area contributed by atoms with Crippen molar-refractivity contribution in [2.45, 2.75) is 19.3 Å². The van der Waals surface area contributed by atoms with E-state index in [-0.39, 0.29) is 12.5 Å². The molecule has 1 aliphatic heterocycles. The van der Waals surface area contributed by atoms with Crippen molar-refractivity contribution in [1.29, 1.82) is 0 Å². The third-order valence-electron chi connectivity index (χ3n) is 4.16. The molecule has 0 aromatic rings. The van der Waals surface area contributed by atoms with E-state index in [4.69, 9.17) is 4.74 Å². The van der Waals surface area contributed by atoms with Gasteiger partial charge in [0.1, 0.15) is 6.54 Å². The Morgan fingerprint density at radius 1 is 1.28 bits per heavy atom. The number of unbranched alkanes of at least 4 members (excludes halogenated alkanes) is 1. The number of carbonyl (C=O) groups is 1. The summed E-state index contributed by atoms with van der Waals surface area (Å²) in [5, 5.41) is 3.40. The van der Waals surface area contributed by atoms with Crippen LogP contribution in [-0.2, 0) is 9.53 Å². The number of morpholine rings is 1. The van der Waals surface area contributed by atoms with Gasteiger partial charge in [-0.3, -0.25) is 9.69 Å². The number of carbonyl (C=O) groups excluding carboxylic acids is 1. The quantitative estimate of drug-likeness (QED) is 0.270. The maximum atomic E-state index is 11.8. The lowest BCUT2D eigenvalue weighted by molar-refractivity contribution is -0.127. The number of hydrogen-bond acceptors (Lipinski definition) is 4. The maximum Gasteiger partial charge on any atom is 0.243 e. The number of nitrogens with one attached hydrogen (secondary N) is 1. The molecular formula is C18H35N5O2. The molecule has 1 amide bonds. The molecule has 0 bridgehead atoms. The van der Waals surface area contributed by atoms with Crippen LogP contribution in [0.5, 0.6) is 0 Å². The van der Waals surface area contributed by atoms with Crippen LogP contribution in [-0.4, -0.2) is 100 Å². The van der Waals surface area contributed by atoms with E-state index >= 15 is 0 Å². The van der Waals surface area contributed by atoms with Gasteiger partial charge in [-0.1, -0.05) is 6.08 Å². The standard InChI is InChI=1S/C18H35N5O2/c1-5-6-7-10-22(4)18(20-16-17(24)21(2)3)19-9-8-11-23-12-14-25-15-13-23/h5H,1,6-16H2,2-4H3,(H,19,20). The molecular weight excluding hydrogens is 318 g/mol. The van der Waals surface area contributed by atoms with Gasteiger partial charge >= 0.3 is 0 Å². The number of nitrogens with zero attached hydrogens (tertiary/aromatic N) is 4. The SMILES string of the molecule is C=CCCCN(C)C(=NCC(=O)N(C)C)NCCCN1CCOCC1. The van der Waals surface area contributed by atoms with Crippen LogP contribution in [0.4, 0.5) is 0 Å². The highest BCUT2D eigenvalue weighted by Gasteiger charge is 2.11. The lowest BCUT2D eigenvalue weighted by Gasteiger charge is -2.27. The second-order valence-corrected chi connectivity index (χ2v) is 6.51. The van der Waals surface area contributed by atoms with Crippen molar-refractivity contribution in [2.24, 2.45) is 4.99 Å². The molecule has 0 aliphatic carbocycles. The van der Waals surface area contributed by atoms with Gasteiger partial charge in [-0.25, -0.2) is 4.99 Å². The monoisotopic (exact) mass is 353 g/mol. The molecule has 1 N–H and O–H groups in total. The number of likely N-dealkylation sites (N-methyl/N-ethyl adjacent to an activating group) is 1. The lowest BCUT2D eigenvalue weighted by atomic mass is 10.3. The number of amides is 1. The minimum Gasteiger partial charge on any atom is -0.379 e. The third-order valence-corrected chi connectivity index (χ3v) is 4.16. The molecule has 0 saturated carbocycles. The molecule has 1 heterocycles. The minimum atomic E-state index is 0.00658. The number of rotatable bonds is 10. The van der Waals surface area contributed by atoms with Gasteiger partial charge in [0.15, 0.2) is 5.96 Å². The Balaban J connectivity index is 2.43. The molecule has 25 heavy (non-hydrogen) atoms. The van der Waals surface area contributed by atoms with Gasteiger partial charge in [0.05, 0.1) is 13.2 Å². The average molecular weight is 354 g/mol. The summed E-state index contributed by atoms with van der Waals surface area (Å²) >= 11 is 0. The zero-order valence-corrected chi connectivity index (χ0v) is 16.2. The molecule has 1 aliphatic rings. The highest BCUT2D eigenvalue weighted by molar-refractivity contribution is 5.84. The first kappa shape index (κ1) is 21.4.